The molecule has 1 fully saturated rings. The van der Waals surface area contributed by atoms with E-state index in [1.807, 2.05) is 6.92 Å². The minimum Gasteiger partial charge on any atom is -0.388 e. The molecule has 1 heterocycles. The molecule has 1 saturated heterocycles. The molecule has 0 bridgehead atoms. The minimum absolute atomic E-state index is 0.230. The summed E-state index contributed by atoms with van der Waals surface area (Å²) in [5, 5.41) is 37.8. The second kappa shape index (κ2) is 5.20. The minimum atomic E-state index is -1.94. The summed E-state index contributed by atoms with van der Waals surface area (Å²) in [6, 6.07) is 0. The number of hydrogen-bond acceptors (Lipinski definition) is 6. The summed E-state index contributed by atoms with van der Waals surface area (Å²) in [6.45, 7) is 1.87. The fraction of sp³-hybridized carbons (Fsp3) is 1.00. The first-order chi connectivity index (χ1) is 7.01. The van der Waals surface area contributed by atoms with Crippen LogP contribution in [0.15, 0.2) is 0 Å². The van der Waals surface area contributed by atoms with Crippen LogP contribution >= 0.6 is 0 Å². The lowest BCUT2D eigenvalue weighted by molar-refractivity contribution is -0.335. The number of aliphatic hydroxyl groups is 4. The zero-order chi connectivity index (χ0) is 11.5. The molecule has 0 amide bonds. The zero-order valence-electron chi connectivity index (χ0n) is 8.67. The van der Waals surface area contributed by atoms with Crippen LogP contribution in [0.1, 0.15) is 13.3 Å². The van der Waals surface area contributed by atoms with Crippen LogP contribution in [0.2, 0.25) is 0 Å². The van der Waals surface area contributed by atoms with Crippen LogP contribution < -0.4 is 0 Å². The molecule has 1 aliphatic rings. The van der Waals surface area contributed by atoms with E-state index in [0.29, 0.717) is 6.61 Å². The smallest absolute Gasteiger partial charge is 0.219 e. The maximum atomic E-state index is 9.79. The highest BCUT2D eigenvalue weighted by Gasteiger charge is 2.48. The van der Waals surface area contributed by atoms with E-state index in [0.717, 1.165) is 6.42 Å². The molecule has 0 aliphatic carbocycles. The van der Waals surface area contributed by atoms with Crippen molar-refractivity contribution in [1.29, 1.82) is 0 Å². The lowest BCUT2D eigenvalue weighted by Gasteiger charge is -2.41. The van der Waals surface area contributed by atoms with E-state index in [2.05, 4.69) is 0 Å². The van der Waals surface area contributed by atoms with E-state index in [4.69, 9.17) is 14.6 Å². The van der Waals surface area contributed by atoms with Gasteiger partial charge in [0.05, 0.1) is 6.61 Å². The van der Waals surface area contributed by atoms with Crippen molar-refractivity contribution in [1.82, 2.24) is 0 Å². The Morgan fingerprint density at radius 3 is 2.67 bits per heavy atom. The fourth-order valence-electron chi connectivity index (χ4n) is 1.38. The summed E-state index contributed by atoms with van der Waals surface area (Å²) in [6.07, 6.45) is -3.41. The molecule has 0 spiro atoms. The highest BCUT2D eigenvalue weighted by molar-refractivity contribution is 4.91. The van der Waals surface area contributed by atoms with E-state index in [9.17, 15) is 15.3 Å². The molecule has 4 N–H and O–H groups in total. The van der Waals surface area contributed by atoms with Gasteiger partial charge in [-0.15, -0.1) is 0 Å². The van der Waals surface area contributed by atoms with Crippen molar-refractivity contribution in [2.75, 3.05) is 19.8 Å². The molecule has 0 aromatic rings. The quantitative estimate of drug-likeness (QED) is 0.419. The molecule has 1 aliphatic heterocycles. The maximum Gasteiger partial charge on any atom is 0.219 e. The molecule has 90 valence electrons. The summed E-state index contributed by atoms with van der Waals surface area (Å²) in [7, 11) is 0. The van der Waals surface area contributed by atoms with Gasteiger partial charge in [-0.1, -0.05) is 6.92 Å². The first-order valence-electron chi connectivity index (χ1n) is 4.99. The van der Waals surface area contributed by atoms with Crippen LogP contribution in [0.3, 0.4) is 0 Å². The van der Waals surface area contributed by atoms with Crippen LogP contribution in [-0.2, 0) is 9.47 Å². The van der Waals surface area contributed by atoms with E-state index in [1.165, 1.54) is 0 Å². The highest BCUT2D eigenvalue weighted by Crippen LogP contribution is 2.24. The van der Waals surface area contributed by atoms with E-state index >= 15 is 0 Å². The van der Waals surface area contributed by atoms with Gasteiger partial charge in [0.25, 0.3) is 0 Å². The monoisotopic (exact) mass is 222 g/mol. The average Bonchev–Trinajstić information content (AvgIpc) is 2.22. The van der Waals surface area contributed by atoms with Gasteiger partial charge in [-0.3, -0.25) is 0 Å². The van der Waals surface area contributed by atoms with Crippen molar-refractivity contribution in [3.05, 3.63) is 0 Å². The normalized spacial score (nSPS) is 41.8. The lowest BCUT2D eigenvalue weighted by Crippen LogP contribution is -2.62. The first kappa shape index (κ1) is 12.8. The Bertz CT molecular complexity index is 199. The summed E-state index contributed by atoms with van der Waals surface area (Å²) < 4.78 is 9.93. The lowest BCUT2D eigenvalue weighted by atomic mass is 9.97. The fourth-order valence-corrected chi connectivity index (χ4v) is 1.38. The van der Waals surface area contributed by atoms with Gasteiger partial charge in [0.15, 0.2) is 0 Å². The van der Waals surface area contributed by atoms with Crippen molar-refractivity contribution in [2.24, 2.45) is 0 Å². The van der Waals surface area contributed by atoms with E-state index in [-0.39, 0.29) is 13.2 Å². The first-order valence-corrected chi connectivity index (χ1v) is 4.99. The van der Waals surface area contributed by atoms with Gasteiger partial charge in [-0.25, -0.2) is 0 Å². The Kier molecular flexibility index (Phi) is 4.45. The molecule has 6 nitrogen and oxygen atoms in total. The Balaban J connectivity index is 2.51. The van der Waals surface area contributed by atoms with Crippen molar-refractivity contribution in [3.8, 4) is 0 Å². The molecule has 0 saturated carbocycles. The third kappa shape index (κ3) is 2.87. The van der Waals surface area contributed by atoms with Crippen LogP contribution in [-0.4, -0.2) is 64.3 Å². The van der Waals surface area contributed by atoms with Crippen LogP contribution in [0.25, 0.3) is 0 Å². The molecule has 0 aromatic carbocycles. The molecule has 0 radical (unpaired) electrons. The third-order valence-electron chi connectivity index (χ3n) is 2.34. The summed E-state index contributed by atoms with van der Waals surface area (Å²) in [5.74, 6) is -1.94. The molecule has 0 unspecified atom stereocenters. The standard InChI is InChI=1S/C9H18O6/c1-2-3-14-5-9(13)8(12)7(11)6(10)4-15-9/h6-8,10-13H,2-5H2,1H3/t6-,7+,8-,9+/m0/s1. The second-order valence-corrected chi connectivity index (χ2v) is 3.71. The Morgan fingerprint density at radius 1 is 1.40 bits per heavy atom. The van der Waals surface area contributed by atoms with Gasteiger partial charge in [0.2, 0.25) is 5.79 Å². The molecule has 6 heteroatoms. The Morgan fingerprint density at radius 2 is 2.07 bits per heavy atom. The van der Waals surface area contributed by atoms with Crippen LogP contribution in [0, 0.1) is 0 Å². The highest BCUT2D eigenvalue weighted by atomic mass is 16.7. The topological polar surface area (TPSA) is 99.4 Å². The van der Waals surface area contributed by atoms with Gasteiger partial charge in [-0.05, 0) is 6.42 Å². The zero-order valence-corrected chi connectivity index (χ0v) is 8.67. The van der Waals surface area contributed by atoms with E-state index < -0.39 is 24.1 Å². The summed E-state index contributed by atoms with van der Waals surface area (Å²) >= 11 is 0. The SMILES string of the molecule is CCCOC[C@@]1(O)OC[C@H](O)[C@@H](O)[C@@H]1O. The Hall–Kier alpha value is -0.240. The summed E-state index contributed by atoms with van der Waals surface area (Å²) in [4.78, 5) is 0. The van der Waals surface area contributed by atoms with Crippen LogP contribution in [0.4, 0.5) is 0 Å². The van der Waals surface area contributed by atoms with E-state index in [1.54, 1.807) is 0 Å². The number of aliphatic hydroxyl groups excluding tert-OH is 3. The number of rotatable bonds is 4. The van der Waals surface area contributed by atoms with Crippen molar-refractivity contribution in [3.63, 3.8) is 0 Å². The van der Waals surface area contributed by atoms with Crippen molar-refractivity contribution in [2.45, 2.75) is 37.4 Å². The second-order valence-electron chi connectivity index (χ2n) is 3.71. The van der Waals surface area contributed by atoms with Crippen molar-refractivity contribution < 1.29 is 29.9 Å². The molecule has 4 atom stereocenters. The molecule has 15 heavy (non-hydrogen) atoms. The Labute approximate surface area is 88.1 Å². The van der Waals surface area contributed by atoms with Crippen molar-refractivity contribution >= 4 is 0 Å². The van der Waals surface area contributed by atoms with Gasteiger partial charge >= 0.3 is 0 Å². The molecule has 1 rings (SSSR count). The molecular formula is C9H18O6. The van der Waals surface area contributed by atoms with Gasteiger partial charge < -0.3 is 29.9 Å². The van der Waals surface area contributed by atoms with Crippen LogP contribution in [0.5, 0.6) is 0 Å². The predicted octanol–water partition coefficient (Wildman–Crippen LogP) is -1.79. The maximum absolute atomic E-state index is 9.79. The largest absolute Gasteiger partial charge is 0.388 e. The average molecular weight is 222 g/mol. The third-order valence-corrected chi connectivity index (χ3v) is 2.34. The van der Waals surface area contributed by atoms with Gasteiger partial charge in [-0.2, -0.15) is 0 Å². The molecule has 0 aromatic heterocycles. The number of ether oxygens (including phenoxy) is 2. The molecular weight excluding hydrogens is 204 g/mol. The predicted molar refractivity (Wildman–Crippen MR) is 50.0 cm³/mol. The van der Waals surface area contributed by atoms with Gasteiger partial charge in [0.1, 0.15) is 24.9 Å². The number of hydrogen-bond donors (Lipinski definition) is 4. The summed E-state index contributed by atoms with van der Waals surface area (Å²) in [5.41, 5.74) is 0. The van der Waals surface area contributed by atoms with Gasteiger partial charge in [0, 0.05) is 6.61 Å².